The van der Waals surface area contributed by atoms with E-state index < -0.39 is 34.6 Å². The molecule has 1 rings (SSSR count). The molecule has 0 N–H and O–H groups in total. The monoisotopic (exact) mass is 408 g/mol. The van der Waals surface area contributed by atoms with Crippen LogP contribution in [0.15, 0.2) is 29.7 Å². The van der Waals surface area contributed by atoms with E-state index in [0.717, 1.165) is 11.5 Å². The average molecular weight is 408 g/mol. The lowest BCUT2D eigenvalue weighted by atomic mass is 9.99. The normalized spacial score (nSPS) is 14.1. The summed E-state index contributed by atoms with van der Waals surface area (Å²) in [7, 11) is -3.51. The molecule has 4 nitrogen and oxygen atoms in total. The molecule has 1 aromatic rings. The number of hydrogen-bond donors (Lipinski definition) is 0. The Morgan fingerprint density at radius 3 is 2.48 bits per heavy atom. The highest BCUT2D eigenvalue weighted by Gasteiger charge is 2.17. The minimum atomic E-state index is -3.51. The highest BCUT2D eigenvalue weighted by Crippen LogP contribution is 2.25. The van der Waals surface area contributed by atoms with Crippen molar-refractivity contribution in [2.24, 2.45) is 5.41 Å². The van der Waals surface area contributed by atoms with Crippen LogP contribution in [-0.2, 0) is 14.6 Å². The largest absolute Gasteiger partial charge is 0.485 e. The molecule has 1 unspecified atom stereocenters. The zero-order chi connectivity index (χ0) is 20.7. The van der Waals surface area contributed by atoms with Gasteiger partial charge in [0.15, 0.2) is 21.4 Å². The smallest absolute Gasteiger partial charge is 0.272 e. The molecular formula is C19H27F3O4S. The van der Waals surface area contributed by atoms with Gasteiger partial charge in [-0.25, -0.2) is 21.6 Å². The first-order valence-corrected chi connectivity index (χ1v) is 10.3. The van der Waals surface area contributed by atoms with Crippen LogP contribution in [0.25, 0.3) is 0 Å². The lowest BCUT2D eigenvalue weighted by Gasteiger charge is -2.17. The first-order valence-electron chi connectivity index (χ1n) is 8.57. The van der Waals surface area contributed by atoms with Gasteiger partial charge < -0.3 is 9.47 Å². The van der Waals surface area contributed by atoms with Gasteiger partial charge in [0.05, 0.1) is 19.0 Å². The van der Waals surface area contributed by atoms with Gasteiger partial charge in [-0.1, -0.05) is 33.8 Å². The molecule has 1 atom stereocenters. The Hall–Kier alpha value is -1.54. The minimum Gasteiger partial charge on any atom is -0.485 e. The van der Waals surface area contributed by atoms with E-state index in [9.17, 15) is 21.6 Å². The van der Waals surface area contributed by atoms with Crippen LogP contribution in [0.2, 0.25) is 0 Å². The molecule has 0 fully saturated rings. The Labute approximate surface area is 159 Å². The van der Waals surface area contributed by atoms with Crippen molar-refractivity contribution in [2.45, 2.75) is 40.0 Å². The summed E-state index contributed by atoms with van der Waals surface area (Å²) < 4.78 is 72.6. The number of alkyl halides is 2. The van der Waals surface area contributed by atoms with E-state index in [0.29, 0.717) is 12.2 Å². The van der Waals surface area contributed by atoms with Gasteiger partial charge in [-0.15, -0.1) is 0 Å². The maximum atomic E-state index is 13.6. The Bertz CT molecular complexity index is 725. The van der Waals surface area contributed by atoms with Crippen LogP contribution >= 0.6 is 0 Å². The minimum absolute atomic E-state index is 0.00604. The summed E-state index contributed by atoms with van der Waals surface area (Å²) in [6.07, 6.45) is -1.29. The van der Waals surface area contributed by atoms with Crippen molar-refractivity contribution in [2.75, 3.05) is 25.6 Å². The summed E-state index contributed by atoms with van der Waals surface area (Å²) in [5.41, 5.74) is 0.482. The molecule has 0 bridgehead atoms. The van der Waals surface area contributed by atoms with Crippen LogP contribution in [0.3, 0.4) is 0 Å². The molecule has 0 radical (unpaired) electrons. The van der Waals surface area contributed by atoms with Gasteiger partial charge in [0.25, 0.3) is 6.43 Å². The highest BCUT2D eigenvalue weighted by molar-refractivity contribution is 7.94. The van der Waals surface area contributed by atoms with Gasteiger partial charge in [-0.05, 0) is 35.1 Å². The molecule has 154 valence electrons. The number of hydrogen-bond acceptors (Lipinski definition) is 4. The molecule has 0 amide bonds. The summed E-state index contributed by atoms with van der Waals surface area (Å²) >= 11 is 0. The molecule has 0 heterocycles. The molecule has 0 aliphatic rings. The summed E-state index contributed by atoms with van der Waals surface area (Å²) in [5, 5.41) is 1.10. The highest BCUT2D eigenvalue weighted by atomic mass is 32.2. The molecule has 0 spiro atoms. The summed E-state index contributed by atoms with van der Waals surface area (Å²) in [5.74, 6) is -1.76. The maximum absolute atomic E-state index is 13.6. The number of halogens is 3. The van der Waals surface area contributed by atoms with Crippen molar-refractivity contribution in [1.29, 1.82) is 0 Å². The summed E-state index contributed by atoms with van der Waals surface area (Å²) in [6.45, 7) is 7.46. The van der Waals surface area contributed by atoms with Gasteiger partial charge in [0.2, 0.25) is 0 Å². The van der Waals surface area contributed by atoms with Crippen molar-refractivity contribution in [3.05, 3.63) is 41.1 Å². The van der Waals surface area contributed by atoms with Gasteiger partial charge >= 0.3 is 0 Å². The third-order valence-electron chi connectivity index (χ3n) is 3.42. The van der Waals surface area contributed by atoms with E-state index >= 15 is 0 Å². The zero-order valence-electron chi connectivity index (χ0n) is 16.0. The molecule has 0 saturated heterocycles. The third-order valence-corrected chi connectivity index (χ3v) is 5.00. The third kappa shape index (κ3) is 9.81. The van der Waals surface area contributed by atoms with Crippen molar-refractivity contribution in [3.8, 4) is 5.75 Å². The Kier molecular flexibility index (Phi) is 8.81. The zero-order valence-corrected chi connectivity index (χ0v) is 16.9. The topological polar surface area (TPSA) is 52.6 Å². The van der Waals surface area contributed by atoms with Crippen molar-refractivity contribution >= 4 is 9.84 Å². The van der Waals surface area contributed by atoms with Crippen LogP contribution in [0.4, 0.5) is 13.2 Å². The molecule has 0 aromatic heterocycles. The Balaban J connectivity index is 2.68. The van der Waals surface area contributed by atoms with Crippen molar-refractivity contribution in [3.63, 3.8) is 0 Å². The number of benzene rings is 1. The van der Waals surface area contributed by atoms with Gasteiger partial charge in [-0.3, -0.25) is 0 Å². The van der Waals surface area contributed by atoms with Crippen LogP contribution in [-0.4, -0.2) is 40.4 Å². The molecule has 0 aliphatic heterocycles. The van der Waals surface area contributed by atoms with E-state index in [1.807, 2.05) is 20.8 Å². The summed E-state index contributed by atoms with van der Waals surface area (Å²) in [4.78, 5) is 0. The van der Waals surface area contributed by atoms with Crippen LogP contribution in [0.1, 0.15) is 39.2 Å². The molecule has 0 aliphatic carbocycles. The predicted molar refractivity (Wildman–Crippen MR) is 99.5 cm³/mol. The second-order valence-corrected chi connectivity index (χ2v) is 9.50. The van der Waals surface area contributed by atoms with Gasteiger partial charge in [0.1, 0.15) is 6.61 Å². The fourth-order valence-corrected chi connectivity index (χ4v) is 3.58. The molecule has 0 saturated carbocycles. The molecule has 27 heavy (non-hydrogen) atoms. The standard InChI is InChI=1S/C19H27F3O4S/c1-14(12-27(23,24)9-5-8-25-13-19(2,3)4)15-6-7-16(20)17(10-15)26-11-18(21)22/h5-7,9-10,14,18H,8,11-13H2,1-4H3. The Morgan fingerprint density at radius 2 is 1.89 bits per heavy atom. The quantitative estimate of drug-likeness (QED) is 0.533. The van der Waals surface area contributed by atoms with E-state index in [2.05, 4.69) is 0 Å². The number of rotatable bonds is 10. The predicted octanol–water partition coefficient (Wildman–Crippen LogP) is 4.56. The number of sulfone groups is 1. The van der Waals surface area contributed by atoms with E-state index in [-0.39, 0.29) is 23.5 Å². The van der Waals surface area contributed by atoms with Crippen LogP contribution in [0, 0.1) is 11.2 Å². The second-order valence-electron chi connectivity index (χ2n) is 7.57. The fourth-order valence-electron chi connectivity index (χ4n) is 2.21. The van der Waals surface area contributed by atoms with Crippen LogP contribution < -0.4 is 4.74 Å². The number of ether oxygens (including phenoxy) is 2. The van der Waals surface area contributed by atoms with E-state index in [4.69, 9.17) is 9.47 Å². The molecule has 8 heteroatoms. The lowest BCUT2D eigenvalue weighted by molar-refractivity contribution is 0.0798. The average Bonchev–Trinajstić information content (AvgIpc) is 2.51. The Morgan fingerprint density at radius 1 is 1.22 bits per heavy atom. The van der Waals surface area contributed by atoms with Crippen molar-refractivity contribution < 1.29 is 31.1 Å². The second kappa shape index (κ2) is 10.1. The van der Waals surface area contributed by atoms with E-state index in [1.54, 1.807) is 6.92 Å². The fraction of sp³-hybridized carbons (Fsp3) is 0.579. The van der Waals surface area contributed by atoms with Crippen molar-refractivity contribution in [1.82, 2.24) is 0 Å². The molecule has 1 aromatic carbocycles. The maximum Gasteiger partial charge on any atom is 0.272 e. The van der Waals surface area contributed by atoms with E-state index in [1.165, 1.54) is 18.2 Å². The summed E-state index contributed by atoms with van der Waals surface area (Å²) in [6, 6.07) is 3.75. The van der Waals surface area contributed by atoms with Crippen LogP contribution in [0.5, 0.6) is 5.75 Å². The SMILES string of the molecule is CC(CS(=O)(=O)C=CCOCC(C)(C)C)c1ccc(F)c(OCC(F)F)c1. The van der Waals surface area contributed by atoms with Gasteiger partial charge in [0, 0.05) is 5.41 Å². The first-order chi connectivity index (χ1) is 12.4. The first kappa shape index (κ1) is 23.5. The lowest BCUT2D eigenvalue weighted by Crippen LogP contribution is -2.15. The molecular weight excluding hydrogens is 381 g/mol. The van der Waals surface area contributed by atoms with Gasteiger partial charge in [-0.2, -0.15) is 0 Å².